The van der Waals surface area contributed by atoms with Crippen LogP contribution < -0.4 is 5.32 Å². The average Bonchev–Trinajstić information content (AvgIpc) is 2.30. The zero-order valence-corrected chi connectivity index (χ0v) is 10.4. The molecule has 0 heterocycles. The lowest BCUT2D eigenvalue weighted by Crippen LogP contribution is -2.28. The van der Waals surface area contributed by atoms with Gasteiger partial charge in [0, 0.05) is 5.69 Å². The minimum Gasteiger partial charge on any atom is -0.480 e. The van der Waals surface area contributed by atoms with Crippen molar-refractivity contribution in [3.8, 4) is 6.07 Å². The topological polar surface area (TPSA) is 73.1 Å². The van der Waals surface area contributed by atoms with Crippen LogP contribution in [0.2, 0.25) is 5.02 Å². The zero-order chi connectivity index (χ0) is 13.0. The van der Waals surface area contributed by atoms with Crippen molar-refractivity contribution in [2.24, 2.45) is 0 Å². The third kappa shape index (κ3) is 2.89. The van der Waals surface area contributed by atoms with Crippen molar-refractivity contribution in [3.05, 3.63) is 28.3 Å². The number of aliphatic carboxylic acids is 1. The zero-order valence-electron chi connectivity index (χ0n) is 9.62. The van der Waals surface area contributed by atoms with E-state index < -0.39 is 12.0 Å². The van der Waals surface area contributed by atoms with Crippen LogP contribution in [0.4, 0.5) is 5.69 Å². The maximum Gasteiger partial charge on any atom is 0.326 e. The van der Waals surface area contributed by atoms with Crippen LogP contribution in [0, 0.1) is 18.3 Å². The number of nitriles is 1. The molecule has 2 N–H and O–H groups in total. The van der Waals surface area contributed by atoms with E-state index in [0.717, 1.165) is 0 Å². The van der Waals surface area contributed by atoms with Gasteiger partial charge in [0.2, 0.25) is 0 Å². The first-order valence-corrected chi connectivity index (χ1v) is 5.57. The molecular weight excluding hydrogens is 240 g/mol. The van der Waals surface area contributed by atoms with Gasteiger partial charge in [-0.3, -0.25) is 0 Å². The van der Waals surface area contributed by atoms with E-state index in [2.05, 4.69) is 5.32 Å². The lowest BCUT2D eigenvalue weighted by atomic mass is 10.1. The van der Waals surface area contributed by atoms with Crippen molar-refractivity contribution >= 4 is 23.3 Å². The Bertz CT molecular complexity index is 480. The number of benzene rings is 1. The number of carboxylic acids is 1. The molecule has 1 aromatic carbocycles. The first kappa shape index (κ1) is 13.3. The monoisotopic (exact) mass is 252 g/mol. The molecule has 4 nitrogen and oxygen atoms in total. The van der Waals surface area contributed by atoms with Crippen molar-refractivity contribution in [3.63, 3.8) is 0 Å². The van der Waals surface area contributed by atoms with E-state index in [0.29, 0.717) is 28.3 Å². The third-order valence-corrected chi connectivity index (χ3v) is 3.03. The van der Waals surface area contributed by atoms with Crippen molar-refractivity contribution < 1.29 is 9.90 Å². The van der Waals surface area contributed by atoms with E-state index in [1.54, 1.807) is 26.0 Å². The van der Waals surface area contributed by atoms with Crippen molar-refractivity contribution in [2.75, 3.05) is 5.32 Å². The summed E-state index contributed by atoms with van der Waals surface area (Å²) in [6, 6.07) is 4.57. The van der Waals surface area contributed by atoms with Crippen molar-refractivity contribution in [1.29, 1.82) is 5.26 Å². The summed E-state index contributed by atoms with van der Waals surface area (Å²) in [6.45, 7) is 3.53. The Kier molecular flexibility index (Phi) is 4.36. The number of hydrogen-bond acceptors (Lipinski definition) is 3. The Hall–Kier alpha value is -1.73. The highest BCUT2D eigenvalue weighted by Gasteiger charge is 2.16. The van der Waals surface area contributed by atoms with E-state index in [-0.39, 0.29) is 0 Å². The summed E-state index contributed by atoms with van der Waals surface area (Å²) in [5, 5.41) is 21.0. The maximum absolute atomic E-state index is 10.9. The van der Waals surface area contributed by atoms with Gasteiger partial charge in [0.1, 0.15) is 12.1 Å². The third-order valence-electron chi connectivity index (χ3n) is 2.54. The molecule has 0 bridgehead atoms. The minimum atomic E-state index is -0.910. The van der Waals surface area contributed by atoms with Crippen LogP contribution >= 0.6 is 11.6 Å². The molecule has 17 heavy (non-hydrogen) atoms. The van der Waals surface area contributed by atoms with Crippen LogP contribution in [0.1, 0.15) is 24.5 Å². The predicted octanol–water partition coefficient (Wildman–Crippen LogP) is 2.80. The van der Waals surface area contributed by atoms with E-state index in [4.69, 9.17) is 22.0 Å². The molecule has 0 spiro atoms. The van der Waals surface area contributed by atoms with E-state index in [1.165, 1.54) is 0 Å². The first-order chi connectivity index (χ1) is 8.01. The molecule has 0 aliphatic carbocycles. The standard InChI is InChI=1S/C12H13ClN2O2/c1-3-9(12(16)17)15-10-5-4-8(6-14)11(13)7(10)2/h4-5,9,15H,3H2,1-2H3,(H,16,17)/t9-/m1/s1. The molecule has 90 valence electrons. The van der Waals surface area contributed by atoms with Gasteiger partial charge >= 0.3 is 5.97 Å². The van der Waals surface area contributed by atoms with Crippen LogP contribution in [0.15, 0.2) is 12.1 Å². The van der Waals surface area contributed by atoms with Gasteiger partial charge in [-0.25, -0.2) is 4.79 Å². The number of rotatable bonds is 4. The van der Waals surface area contributed by atoms with Crippen LogP contribution in [-0.2, 0) is 4.79 Å². The van der Waals surface area contributed by atoms with Crippen LogP contribution in [0.25, 0.3) is 0 Å². The number of hydrogen-bond donors (Lipinski definition) is 2. The van der Waals surface area contributed by atoms with Gasteiger partial charge in [-0.05, 0) is 31.0 Å². The molecule has 0 aromatic heterocycles. The molecule has 1 rings (SSSR count). The Labute approximate surface area is 105 Å². The summed E-state index contributed by atoms with van der Waals surface area (Å²) < 4.78 is 0. The highest BCUT2D eigenvalue weighted by Crippen LogP contribution is 2.27. The van der Waals surface area contributed by atoms with Gasteiger partial charge in [-0.1, -0.05) is 18.5 Å². The number of anilines is 1. The number of carboxylic acid groups (broad SMARTS) is 1. The molecule has 0 saturated carbocycles. The first-order valence-electron chi connectivity index (χ1n) is 5.19. The molecule has 1 aromatic rings. The van der Waals surface area contributed by atoms with Gasteiger partial charge in [0.25, 0.3) is 0 Å². The van der Waals surface area contributed by atoms with Crippen molar-refractivity contribution in [1.82, 2.24) is 0 Å². The van der Waals surface area contributed by atoms with Gasteiger partial charge in [-0.15, -0.1) is 0 Å². The van der Waals surface area contributed by atoms with E-state index in [1.807, 2.05) is 6.07 Å². The fourth-order valence-corrected chi connectivity index (χ4v) is 1.66. The van der Waals surface area contributed by atoms with Gasteiger partial charge in [0.15, 0.2) is 0 Å². The largest absolute Gasteiger partial charge is 0.480 e. The molecule has 1 atom stereocenters. The van der Waals surface area contributed by atoms with Gasteiger partial charge in [-0.2, -0.15) is 5.26 Å². The predicted molar refractivity (Wildman–Crippen MR) is 66.2 cm³/mol. The fourth-order valence-electron chi connectivity index (χ4n) is 1.45. The molecule has 0 fully saturated rings. The summed E-state index contributed by atoms with van der Waals surface area (Å²) in [5.41, 5.74) is 1.71. The number of nitrogens with one attached hydrogen (secondary N) is 1. The maximum atomic E-state index is 10.9. The van der Waals surface area contributed by atoms with Crippen LogP contribution in [0.3, 0.4) is 0 Å². The Morgan fingerprint density at radius 3 is 2.76 bits per heavy atom. The second kappa shape index (κ2) is 5.55. The second-order valence-corrected chi connectivity index (χ2v) is 4.03. The molecule has 0 aliphatic rings. The Balaban J connectivity index is 3.05. The smallest absolute Gasteiger partial charge is 0.326 e. The lowest BCUT2D eigenvalue weighted by Gasteiger charge is -2.16. The summed E-state index contributed by atoms with van der Waals surface area (Å²) in [5.74, 6) is -0.910. The van der Waals surface area contributed by atoms with Gasteiger partial charge < -0.3 is 10.4 Å². The molecule has 0 saturated heterocycles. The molecular formula is C12H13ClN2O2. The van der Waals surface area contributed by atoms with Crippen molar-refractivity contribution in [2.45, 2.75) is 26.3 Å². The van der Waals surface area contributed by atoms with Gasteiger partial charge in [0.05, 0.1) is 10.6 Å². The normalized spacial score (nSPS) is 11.6. The molecule has 0 amide bonds. The number of nitrogens with zero attached hydrogens (tertiary/aromatic N) is 1. The lowest BCUT2D eigenvalue weighted by molar-refractivity contribution is -0.137. The second-order valence-electron chi connectivity index (χ2n) is 3.65. The summed E-state index contributed by atoms with van der Waals surface area (Å²) in [6.07, 6.45) is 0.465. The SMILES string of the molecule is CC[C@@H](Nc1ccc(C#N)c(Cl)c1C)C(=O)O. The summed E-state index contributed by atoms with van der Waals surface area (Å²) >= 11 is 5.99. The molecule has 0 radical (unpaired) electrons. The Morgan fingerprint density at radius 1 is 1.65 bits per heavy atom. The summed E-state index contributed by atoms with van der Waals surface area (Å²) in [7, 11) is 0. The van der Waals surface area contributed by atoms with E-state index >= 15 is 0 Å². The average molecular weight is 253 g/mol. The summed E-state index contributed by atoms with van der Waals surface area (Å²) in [4.78, 5) is 10.9. The van der Waals surface area contributed by atoms with Crippen LogP contribution in [-0.4, -0.2) is 17.1 Å². The van der Waals surface area contributed by atoms with E-state index in [9.17, 15) is 4.79 Å². The van der Waals surface area contributed by atoms with Crippen LogP contribution in [0.5, 0.6) is 0 Å². The molecule has 0 aliphatic heterocycles. The minimum absolute atomic E-state index is 0.359. The quantitative estimate of drug-likeness (QED) is 0.864. The molecule has 5 heteroatoms. The highest BCUT2D eigenvalue weighted by molar-refractivity contribution is 6.32. The highest BCUT2D eigenvalue weighted by atomic mass is 35.5. The Morgan fingerprint density at radius 2 is 2.29 bits per heavy atom. The molecule has 0 unspecified atom stereocenters. The fraction of sp³-hybridized carbons (Fsp3) is 0.333. The number of carbonyl (C=O) groups is 1. The number of halogens is 1.